The van der Waals surface area contributed by atoms with E-state index in [-0.39, 0.29) is 18.2 Å². The molecule has 0 saturated carbocycles. The van der Waals surface area contributed by atoms with Crippen LogP contribution in [0.3, 0.4) is 0 Å². The number of benzene rings is 1. The fraction of sp³-hybridized carbons (Fsp3) is 0.600. The summed E-state index contributed by atoms with van der Waals surface area (Å²) in [6.45, 7) is 3.17. The van der Waals surface area contributed by atoms with E-state index in [1.54, 1.807) is 0 Å². The van der Waals surface area contributed by atoms with Crippen molar-refractivity contribution in [3.05, 3.63) is 35.4 Å². The Balaban J connectivity index is 2.21. The second-order valence-corrected chi connectivity index (χ2v) is 7.33. The third-order valence-electron chi connectivity index (χ3n) is 3.86. The molecule has 1 fully saturated rings. The largest absolute Gasteiger partial charge is 0.313 e. The summed E-state index contributed by atoms with van der Waals surface area (Å²) in [6, 6.07) is 7.86. The van der Waals surface area contributed by atoms with Crippen molar-refractivity contribution < 1.29 is 12.8 Å². The molecule has 1 aromatic carbocycles. The van der Waals surface area contributed by atoms with E-state index in [1.165, 1.54) is 9.87 Å². The highest BCUT2D eigenvalue weighted by atomic mass is 32.2. The van der Waals surface area contributed by atoms with Gasteiger partial charge >= 0.3 is 0 Å². The van der Waals surface area contributed by atoms with Gasteiger partial charge in [-0.05, 0) is 24.0 Å². The number of hydrogen-bond acceptors (Lipinski definition) is 3. The van der Waals surface area contributed by atoms with Gasteiger partial charge in [-0.3, -0.25) is 4.39 Å². The molecule has 118 valence electrons. The summed E-state index contributed by atoms with van der Waals surface area (Å²) in [5, 5.41) is 3.24. The highest BCUT2D eigenvalue weighted by Gasteiger charge is 2.32. The van der Waals surface area contributed by atoms with Crippen LogP contribution in [0.25, 0.3) is 0 Å². The number of nitrogens with zero attached hydrogens (tertiary/aromatic N) is 1. The van der Waals surface area contributed by atoms with Gasteiger partial charge in [-0.2, -0.15) is 4.31 Å². The first-order valence-corrected chi connectivity index (χ1v) is 9.04. The first kappa shape index (κ1) is 16.4. The Labute approximate surface area is 126 Å². The molecule has 21 heavy (non-hydrogen) atoms. The van der Waals surface area contributed by atoms with Crippen LogP contribution in [0.15, 0.2) is 24.3 Å². The molecule has 1 N–H and O–H groups in total. The highest BCUT2D eigenvalue weighted by Crippen LogP contribution is 2.26. The molecule has 0 aromatic heterocycles. The van der Waals surface area contributed by atoms with E-state index < -0.39 is 16.7 Å². The van der Waals surface area contributed by atoms with Gasteiger partial charge in [0, 0.05) is 19.6 Å². The maximum Gasteiger partial charge on any atom is 0.214 e. The van der Waals surface area contributed by atoms with Crippen molar-refractivity contribution in [1.29, 1.82) is 0 Å². The van der Waals surface area contributed by atoms with E-state index in [9.17, 15) is 12.8 Å². The maximum absolute atomic E-state index is 12.4. The van der Waals surface area contributed by atoms with Crippen LogP contribution < -0.4 is 5.32 Å². The minimum absolute atomic E-state index is 0.0632. The van der Waals surface area contributed by atoms with Crippen LogP contribution in [0.1, 0.15) is 30.5 Å². The molecule has 1 unspecified atom stereocenters. The van der Waals surface area contributed by atoms with Gasteiger partial charge in [0.1, 0.15) is 0 Å². The molecular formula is C15H23FN2O2S. The second-order valence-electron chi connectivity index (χ2n) is 5.28. The first-order chi connectivity index (χ1) is 10.1. The predicted molar refractivity (Wildman–Crippen MR) is 82.5 cm³/mol. The quantitative estimate of drug-likeness (QED) is 0.872. The number of nitrogens with one attached hydrogen (secondary N) is 1. The van der Waals surface area contributed by atoms with Crippen molar-refractivity contribution in [3.8, 4) is 0 Å². The van der Waals surface area contributed by atoms with Gasteiger partial charge in [-0.1, -0.05) is 31.2 Å². The van der Waals surface area contributed by atoms with Crippen LogP contribution in [-0.4, -0.2) is 44.8 Å². The molecule has 4 nitrogen and oxygen atoms in total. The molecule has 1 heterocycles. The van der Waals surface area contributed by atoms with Crippen LogP contribution in [0.5, 0.6) is 0 Å². The lowest BCUT2D eigenvalue weighted by atomic mass is 10.0. The molecule has 2 rings (SSSR count). The molecule has 1 saturated heterocycles. The standard InChI is InChI=1S/C15H23FN2O2S/c1-2-13-4-6-14(7-5-13)15-12-17-9-10-18(15)21(19,20)11-3-8-16/h4-7,15,17H,2-3,8-12H2,1H3. The predicted octanol–water partition coefficient (Wildman–Crippen LogP) is 1.88. The molecular weight excluding hydrogens is 291 g/mol. The Morgan fingerprint density at radius 2 is 2.05 bits per heavy atom. The summed E-state index contributed by atoms with van der Waals surface area (Å²) in [7, 11) is -3.41. The molecule has 1 aromatic rings. The fourth-order valence-electron chi connectivity index (χ4n) is 2.63. The van der Waals surface area contributed by atoms with Crippen LogP contribution in [-0.2, 0) is 16.4 Å². The molecule has 0 amide bonds. The smallest absolute Gasteiger partial charge is 0.214 e. The van der Waals surface area contributed by atoms with E-state index in [1.807, 2.05) is 24.3 Å². The summed E-state index contributed by atoms with van der Waals surface area (Å²) in [5.41, 5.74) is 2.22. The molecule has 1 aliphatic rings. The average Bonchev–Trinajstić information content (AvgIpc) is 2.53. The number of aryl methyl sites for hydroxylation is 1. The summed E-state index contributed by atoms with van der Waals surface area (Å²) in [4.78, 5) is 0. The van der Waals surface area contributed by atoms with E-state index in [0.717, 1.165) is 12.0 Å². The van der Waals surface area contributed by atoms with Crippen molar-refractivity contribution in [2.75, 3.05) is 32.1 Å². The van der Waals surface area contributed by atoms with Crippen molar-refractivity contribution >= 4 is 10.0 Å². The zero-order valence-corrected chi connectivity index (χ0v) is 13.2. The fourth-order valence-corrected chi connectivity index (χ4v) is 4.29. The minimum Gasteiger partial charge on any atom is -0.313 e. The normalized spacial score (nSPS) is 20.6. The summed E-state index contributed by atoms with van der Waals surface area (Å²) in [5.74, 6) is -0.118. The summed E-state index contributed by atoms with van der Waals surface area (Å²) in [6.07, 6.45) is 1.02. The van der Waals surface area contributed by atoms with Gasteiger partial charge in [0.25, 0.3) is 0 Å². The summed E-state index contributed by atoms with van der Waals surface area (Å²) >= 11 is 0. The Morgan fingerprint density at radius 1 is 1.33 bits per heavy atom. The topological polar surface area (TPSA) is 49.4 Å². The van der Waals surface area contributed by atoms with Gasteiger partial charge in [0.2, 0.25) is 10.0 Å². The lowest BCUT2D eigenvalue weighted by molar-refractivity contribution is 0.271. The molecule has 0 radical (unpaired) electrons. The Kier molecular flexibility index (Phi) is 5.72. The zero-order valence-electron chi connectivity index (χ0n) is 12.4. The van der Waals surface area contributed by atoms with Gasteiger partial charge in [0.15, 0.2) is 0 Å². The van der Waals surface area contributed by atoms with Gasteiger partial charge in [0.05, 0.1) is 18.5 Å². The lowest BCUT2D eigenvalue weighted by Crippen LogP contribution is -2.49. The molecule has 0 bridgehead atoms. The van der Waals surface area contributed by atoms with Crippen molar-refractivity contribution in [2.24, 2.45) is 0 Å². The Bertz CT molecular complexity index is 545. The van der Waals surface area contributed by atoms with E-state index >= 15 is 0 Å². The second kappa shape index (κ2) is 7.33. The monoisotopic (exact) mass is 314 g/mol. The van der Waals surface area contributed by atoms with Gasteiger partial charge < -0.3 is 5.32 Å². The van der Waals surface area contributed by atoms with E-state index in [0.29, 0.717) is 19.6 Å². The Hall–Kier alpha value is -0.980. The summed E-state index contributed by atoms with van der Waals surface area (Å²) < 4.78 is 38.6. The zero-order chi connectivity index (χ0) is 15.3. The number of hydrogen-bond donors (Lipinski definition) is 1. The van der Waals surface area contributed by atoms with Crippen LogP contribution in [0.2, 0.25) is 0 Å². The molecule has 1 atom stereocenters. The van der Waals surface area contributed by atoms with Crippen LogP contribution in [0, 0.1) is 0 Å². The molecule has 0 spiro atoms. The third kappa shape index (κ3) is 4.02. The van der Waals surface area contributed by atoms with Crippen LogP contribution >= 0.6 is 0 Å². The van der Waals surface area contributed by atoms with Crippen molar-refractivity contribution in [3.63, 3.8) is 0 Å². The SMILES string of the molecule is CCc1ccc(C2CNCCN2S(=O)(=O)CCCF)cc1. The number of halogens is 1. The highest BCUT2D eigenvalue weighted by molar-refractivity contribution is 7.89. The van der Waals surface area contributed by atoms with Crippen molar-refractivity contribution in [1.82, 2.24) is 9.62 Å². The van der Waals surface area contributed by atoms with E-state index in [2.05, 4.69) is 12.2 Å². The number of rotatable bonds is 6. The molecule has 1 aliphatic heterocycles. The lowest BCUT2D eigenvalue weighted by Gasteiger charge is -2.35. The average molecular weight is 314 g/mol. The maximum atomic E-state index is 12.4. The number of piperazine rings is 1. The van der Waals surface area contributed by atoms with Gasteiger partial charge in [-0.15, -0.1) is 0 Å². The number of sulfonamides is 1. The van der Waals surface area contributed by atoms with Crippen LogP contribution in [0.4, 0.5) is 4.39 Å². The molecule has 0 aliphatic carbocycles. The number of alkyl halides is 1. The van der Waals surface area contributed by atoms with E-state index in [4.69, 9.17) is 0 Å². The molecule has 6 heteroatoms. The third-order valence-corrected chi connectivity index (χ3v) is 5.82. The minimum atomic E-state index is -3.41. The Morgan fingerprint density at radius 3 is 2.67 bits per heavy atom. The first-order valence-electron chi connectivity index (χ1n) is 7.43. The van der Waals surface area contributed by atoms with Crippen molar-refractivity contribution in [2.45, 2.75) is 25.8 Å². The van der Waals surface area contributed by atoms with Gasteiger partial charge in [-0.25, -0.2) is 8.42 Å².